The molecule has 0 saturated heterocycles. The second-order valence-corrected chi connectivity index (χ2v) is 4.28. The number of nitro benzene ring substituents is 1. The molecule has 0 aliphatic carbocycles. The third kappa shape index (κ3) is 2.29. The van der Waals surface area contributed by atoms with Gasteiger partial charge in [-0.2, -0.15) is 0 Å². The molecule has 1 aromatic heterocycles. The predicted molar refractivity (Wildman–Crippen MR) is 67.1 cm³/mol. The van der Waals surface area contributed by atoms with Gasteiger partial charge in [-0.05, 0) is 26.2 Å². The van der Waals surface area contributed by atoms with E-state index in [4.69, 9.17) is 0 Å². The van der Waals surface area contributed by atoms with Crippen LogP contribution in [0.3, 0.4) is 0 Å². The lowest BCUT2D eigenvalue weighted by molar-refractivity contribution is -0.383. The zero-order valence-electron chi connectivity index (χ0n) is 9.96. The Labute approximate surface area is 99.4 Å². The molecule has 0 unspecified atom stereocenters. The lowest BCUT2D eigenvalue weighted by Crippen LogP contribution is -2.17. The molecule has 5 heteroatoms. The fraction of sp³-hybridized carbons (Fsp3) is 0.333. The highest BCUT2D eigenvalue weighted by atomic mass is 16.6. The van der Waals surface area contributed by atoms with Gasteiger partial charge in [0.2, 0.25) is 0 Å². The lowest BCUT2D eigenvalue weighted by Gasteiger charge is -2.10. The van der Waals surface area contributed by atoms with Gasteiger partial charge in [0.1, 0.15) is 0 Å². The van der Waals surface area contributed by atoms with Gasteiger partial charge in [-0.25, -0.2) is 0 Å². The van der Waals surface area contributed by atoms with Crippen molar-refractivity contribution in [3.63, 3.8) is 0 Å². The lowest BCUT2D eigenvalue weighted by atomic mass is 10.2. The monoisotopic (exact) mass is 233 g/mol. The minimum Gasteiger partial charge on any atom is -0.346 e. The predicted octanol–water partition coefficient (Wildman–Crippen LogP) is 2.11. The van der Waals surface area contributed by atoms with Gasteiger partial charge in [0, 0.05) is 25.4 Å². The highest BCUT2D eigenvalue weighted by Gasteiger charge is 2.13. The van der Waals surface area contributed by atoms with Crippen LogP contribution in [-0.4, -0.2) is 35.0 Å². The van der Waals surface area contributed by atoms with Crippen molar-refractivity contribution in [1.82, 2.24) is 9.47 Å². The largest absolute Gasteiger partial charge is 0.346 e. The maximum absolute atomic E-state index is 10.9. The first-order valence-corrected chi connectivity index (χ1v) is 5.46. The molecule has 0 N–H and O–H groups in total. The van der Waals surface area contributed by atoms with E-state index in [2.05, 4.69) is 4.90 Å². The molecule has 0 atom stereocenters. The van der Waals surface area contributed by atoms with Crippen LogP contribution in [0.4, 0.5) is 5.69 Å². The summed E-state index contributed by atoms with van der Waals surface area (Å²) in [5, 5.41) is 11.6. The Balaban J connectivity index is 2.40. The molecule has 1 aromatic carbocycles. The first-order chi connectivity index (χ1) is 8.09. The number of aromatic nitrogens is 1. The molecule has 0 aliphatic rings. The Morgan fingerprint density at radius 2 is 2.12 bits per heavy atom. The summed E-state index contributed by atoms with van der Waals surface area (Å²) in [6, 6.07) is 6.99. The van der Waals surface area contributed by atoms with E-state index in [-0.39, 0.29) is 10.6 Å². The standard InChI is InChI=1S/C12H15N3O2/c1-13(2)8-9-14-7-6-10-11(14)4-3-5-12(10)15(16)17/h3-7H,8-9H2,1-2H3. The van der Waals surface area contributed by atoms with E-state index in [0.29, 0.717) is 5.39 Å². The molecule has 0 saturated carbocycles. The van der Waals surface area contributed by atoms with Gasteiger partial charge in [0.05, 0.1) is 15.8 Å². The molecule has 2 rings (SSSR count). The number of nitrogens with zero attached hydrogens (tertiary/aromatic N) is 3. The molecule has 5 nitrogen and oxygen atoms in total. The molecule has 17 heavy (non-hydrogen) atoms. The van der Waals surface area contributed by atoms with Crippen molar-refractivity contribution in [2.75, 3.05) is 20.6 Å². The van der Waals surface area contributed by atoms with E-state index in [0.717, 1.165) is 18.6 Å². The highest BCUT2D eigenvalue weighted by molar-refractivity contribution is 5.89. The average molecular weight is 233 g/mol. The number of nitro groups is 1. The Bertz CT molecular complexity index is 546. The summed E-state index contributed by atoms with van der Waals surface area (Å²) >= 11 is 0. The van der Waals surface area contributed by atoms with E-state index < -0.39 is 0 Å². The molecule has 0 amide bonds. The topological polar surface area (TPSA) is 51.3 Å². The molecular formula is C12H15N3O2. The van der Waals surface area contributed by atoms with E-state index in [1.54, 1.807) is 12.1 Å². The maximum Gasteiger partial charge on any atom is 0.278 e. The van der Waals surface area contributed by atoms with Crippen LogP contribution < -0.4 is 0 Å². The van der Waals surface area contributed by atoms with E-state index in [1.165, 1.54) is 0 Å². The summed E-state index contributed by atoms with van der Waals surface area (Å²) in [6.07, 6.45) is 1.90. The van der Waals surface area contributed by atoms with Crippen molar-refractivity contribution in [2.24, 2.45) is 0 Å². The van der Waals surface area contributed by atoms with Gasteiger partial charge in [0.15, 0.2) is 0 Å². The second-order valence-electron chi connectivity index (χ2n) is 4.28. The number of benzene rings is 1. The van der Waals surface area contributed by atoms with Crippen molar-refractivity contribution < 1.29 is 4.92 Å². The maximum atomic E-state index is 10.9. The van der Waals surface area contributed by atoms with Crippen LogP contribution in [0, 0.1) is 10.1 Å². The van der Waals surface area contributed by atoms with Crippen LogP contribution in [0.15, 0.2) is 30.5 Å². The number of likely N-dealkylation sites (N-methyl/N-ethyl adjacent to an activating group) is 1. The van der Waals surface area contributed by atoms with Crippen molar-refractivity contribution in [1.29, 1.82) is 0 Å². The van der Waals surface area contributed by atoms with Gasteiger partial charge < -0.3 is 9.47 Å². The molecule has 0 fully saturated rings. The minimum absolute atomic E-state index is 0.172. The quantitative estimate of drug-likeness (QED) is 0.600. The normalized spacial score (nSPS) is 11.2. The van der Waals surface area contributed by atoms with E-state index in [1.807, 2.05) is 37.0 Å². The molecule has 2 aromatic rings. The van der Waals surface area contributed by atoms with Crippen molar-refractivity contribution >= 4 is 16.6 Å². The molecule has 0 aliphatic heterocycles. The number of fused-ring (bicyclic) bond motifs is 1. The number of rotatable bonds is 4. The van der Waals surface area contributed by atoms with Gasteiger partial charge in [-0.3, -0.25) is 10.1 Å². The summed E-state index contributed by atoms with van der Waals surface area (Å²) in [4.78, 5) is 12.6. The summed E-state index contributed by atoms with van der Waals surface area (Å²) in [6.45, 7) is 1.74. The minimum atomic E-state index is -0.335. The molecule has 0 radical (unpaired) electrons. The van der Waals surface area contributed by atoms with Crippen molar-refractivity contribution in [3.8, 4) is 0 Å². The fourth-order valence-electron chi connectivity index (χ4n) is 1.87. The van der Waals surface area contributed by atoms with Gasteiger partial charge in [-0.1, -0.05) is 6.07 Å². The highest BCUT2D eigenvalue weighted by Crippen LogP contribution is 2.26. The van der Waals surface area contributed by atoms with Crippen molar-refractivity contribution in [3.05, 3.63) is 40.6 Å². The zero-order chi connectivity index (χ0) is 12.4. The number of hydrogen-bond acceptors (Lipinski definition) is 3. The van der Waals surface area contributed by atoms with Gasteiger partial charge in [0.25, 0.3) is 5.69 Å². The molecule has 0 spiro atoms. The summed E-state index contributed by atoms with van der Waals surface area (Å²) < 4.78 is 2.04. The Morgan fingerprint density at radius 3 is 2.76 bits per heavy atom. The first-order valence-electron chi connectivity index (χ1n) is 5.46. The summed E-state index contributed by atoms with van der Waals surface area (Å²) in [5.74, 6) is 0. The summed E-state index contributed by atoms with van der Waals surface area (Å²) in [7, 11) is 4.02. The first kappa shape index (κ1) is 11.6. The van der Waals surface area contributed by atoms with Crippen LogP contribution in [0.2, 0.25) is 0 Å². The third-order valence-corrected chi connectivity index (χ3v) is 2.78. The summed E-state index contributed by atoms with van der Waals surface area (Å²) in [5.41, 5.74) is 1.09. The third-order valence-electron chi connectivity index (χ3n) is 2.78. The van der Waals surface area contributed by atoms with Crippen LogP contribution in [0.1, 0.15) is 0 Å². The van der Waals surface area contributed by atoms with Crippen molar-refractivity contribution in [2.45, 2.75) is 6.54 Å². The fourth-order valence-corrected chi connectivity index (χ4v) is 1.87. The van der Waals surface area contributed by atoms with Crippen LogP contribution in [0.25, 0.3) is 10.9 Å². The van der Waals surface area contributed by atoms with Crippen LogP contribution in [-0.2, 0) is 6.54 Å². The SMILES string of the molecule is CN(C)CCn1ccc2c([N+](=O)[O-])cccc21. The van der Waals surface area contributed by atoms with Crippen LogP contribution >= 0.6 is 0 Å². The van der Waals surface area contributed by atoms with Crippen LogP contribution in [0.5, 0.6) is 0 Å². The average Bonchev–Trinajstić information content (AvgIpc) is 2.68. The Hall–Kier alpha value is -1.88. The van der Waals surface area contributed by atoms with Gasteiger partial charge >= 0.3 is 0 Å². The molecule has 1 heterocycles. The Morgan fingerprint density at radius 1 is 1.35 bits per heavy atom. The second kappa shape index (κ2) is 4.55. The number of non-ortho nitro benzene ring substituents is 1. The Kier molecular flexibility index (Phi) is 3.10. The van der Waals surface area contributed by atoms with E-state index in [9.17, 15) is 10.1 Å². The number of hydrogen-bond donors (Lipinski definition) is 0. The zero-order valence-corrected chi connectivity index (χ0v) is 9.96. The van der Waals surface area contributed by atoms with E-state index >= 15 is 0 Å². The van der Waals surface area contributed by atoms with Gasteiger partial charge in [-0.15, -0.1) is 0 Å². The molecule has 0 bridgehead atoms. The smallest absolute Gasteiger partial charge is 0.278 e. The molecule has 90 valence electrons. The molecular weight excluding hydrogens is 218 g/mol.